The first-order valence-corrected chi connectivity index (χ1v) is 7.71. The first-order valence-electron chi connectivity index (χ1n) is 7.71. The summed E-state index contributed by atoms with van der Waals surface area (Å²) in [6.45, 7) is 6.31. The average Bonchev–Trinajstić information content (AvgIpc) is 2.48. The van der Waals surface area contributed by atoms with E-state index < -0.39 is 0 Å². The Kier molecular flexibility index (Phi) is 5.51. The van der Waals surface area contributed by atoms with Crippen LogP contribution in [0.25, 0.3) is 0 Å². The lowest BCUT2D eigenvalue weighted by molar-refractivity contribution is 0.474. The van der Waals surface area contributed by atoms with Crippen LogP contribution in [-0.4, -0.2) is 0 Å². The highest BCUT2D eigenvalue weighted by atomic mass is 19.1. The number of benzene rings is 2. The van der Waals surface area contributed by atoms with Gasteiger partial charge in [0.05, 0.1) is 0 Å². The zero-order chi connectivity index (χ0) is 15.2. The second kappa shape index (κ2) is 7.37. The van der Waals surface area contributed by atoms with Crippen LogP contribution in [0.5, 0.6) is 0 Å². The van der Waals surface area contributed by atoms with Crippen LogP contribution < -0.4 is 5.32 Å². The Bertz CT molecular complexity index is 562. The van der Waals surface area contributed by atoms with Crippen molar-refractivity contribution in [3.05, 3.63) is 71.0 Å². The molecule has 0 bridgehead atoms. The summed E-state index contributed by atoms with van der Waals surface area (Å²) in [7, 11) is 0. The van der Waals surface area contributed by atoms with E-state index in [1.165, 1.54) is 17.2 Å². The molecule has 1 nitrogen and oxygen atoms in total. The lowest BCUT2D eigenvalue weighted by Gasteiger charge is -2.21. The van der Waals surface area contributed by atoms with E-state index in [9.17, 15) is 4.39 Å². The smallest absolute Gasteiger partial charge is 0.127 e. The predicted molar refractivity (Wildman–Crippen MR) is 86.8 cm³/mol. The number of aryl methyl sites for hydroxylation is 1. The molecule has 0 saturated heterocycles. The SMILES string of the molecule is CCCc1ccc(C(C)NC(C)c2ccccc2F)cc1. The number of nitrogens with one attached hydrogen (secondary N) is 1. The van der Waals surface area contributed by atoms with Gasteiger partial charge in [0.1, 0.15) is 5.82 Å². The summed E-state index contributed by atoms with van der Waals surface area (Å²) in [6.07, 6.45) is 2.28. The Balaban J connectivity index is 2.03. The van der Waals surface area contributed by atoms with Crippen LogP contribution in [0.15, 0.2) is 48.5 Å². The minimum absolute atomic E-state index is 0.0171. The summed E-state index contributed by atoms with van der Waals surface area (Å²) >= 11 is 0. The first-order chi connectivity index (χ1) is 10.1. The van der Waals surface area contributed by atoms with Crippen LogP contribution in [0.1, 0.15) is 56.0 Å². The summed E-state index contributed by atoms with van der Waals surface area (Å²) in [5.41, 5.74) is 3.32. The molecule has 0 amide bonds. The topological polar surface area (TPSA) is 12.0 Å². The fraction of sp³-hybridized carbons (Fsp3) is 0.368. The molecule has 2 heteroatoms. The monoisotopic (exact) mass is 285 g/mol. The van der Waals surface area contributed by atoms with Crippen molar-refractivity contribution in [2.75, 3.05) is 0 Å². The van der Waals surface area contributed by atoms with Gasteiger partial charge in [0, 0.05) is 17.6 Å². The Hall–Kier alpha value is -1.67. The van der Waals surface area contributed by atoms with Crippen molar-refractivity contribution in [2.45, 2.75) is 45.7 Å². The highest BCUT2D eigenvalue weighted by Gasteiger charge is 2.13. The van der Waals surface area contributed by atoms with Crippen LogP contribution in [0, 0.1) is 5.82 Å². The Morgan fingerprint density at radius 3 is 2.24 bits per heavy atom. The average molecular weight is 285 g/mol. The second-order valence-corrected chi connectivity index (χ2v) is 5.62. The Morgan fingerprint density at radius 2 is 1.62 bits per heavy atom. The van der Waals surface area contributed by atoms with Crippen molar-refractivity contribution in [3.63, 3.8) is 0 Å². The summed E-state index contributed by atoms with van der Waals surface area (Å²) in [5.74, 6) is -0.150. The molecule has 21 heavy (non-hydrogen) atoms. The molecular weight excluding hydrogens is 261 g/mol. The number of rotatable bonds is 6. The van der Waals surface area contributed by atoms with Gasteiger partial charge in [-0.3, -0.25) is 0 Å². The molecule has 0 saturated carbocycles. The van der Waals surface area contributed by atoms with Gasteiger partial charge in [-0.1, -0.05) is 55.8 Å². The molecule has 0 spiro atoms. The number of hydrogen-bond donors (Lipinski definition) is 1. The molecule has 112 valence electrons. The maximum Gasteiger partial charge on any atom is 0.127 e. The van der Waals surface area contributed by atoms with Crippen molar-refractivity contribution in [1.29, 1.82) is 0 Å². The highest BCUT2D eigenvalue weighted by Crippen LogP contribution is 2.21. The van der Waals surface area contributed by atoms with Gasteiger partial charge in [0.2, 0.25) is 0 Å². The lowest BCUT2D eigenvalue weighted by atomic mass is 10.0. The van der Waals surface area contributed by atoms with E-state index in [1.807, 2.05) is 19.1 Å². The summed E-state index contributed by atoms with van der Waals surface area (Å²) < 4.78 is 13.8. The van der Waals surface area contributed by atoms with Crippen molar-refractivity contribution >= 4 is 0 Å². The Morgan fingerprint density at radius 1 is 0.952 bits per heavy atom. The molecule has 2 aromatic rings. The third-order valence-electron chi connectivity index (χ3n) is 3.89. The van der Waals surface area contributed by atoms with Gasteiger partial charge in [-0.25, -0.2) is 4.39 Å². The van der Waals surface area contributed by atoms with E-state index in [-0.39, 0.29) is 17.9 Å². The van der Waals surface area contributed by atoms with E-state index in [0.29, 0.717) is 5.56 Å². The molecule has 0 aromatic heterocycles. The zero-order valence-electron chi connectivity index (χ0n) is 13.1. The highest BCUT2D eigenvalue weighted by molar-refractivity contribution is 5.26. The van der Waals surface area contributed by atoms with Crippen molar-refractivity contribution < 1.29 is 4.39 Å². The second-order valence-electron chi connectivity index (χ2n) is 5.62. The van der Waals surface area contributed by atoms with E-state index in [4.69, 9.17) is 0 Å². The fourth-order valence-electron chi connectivity index (χ4n) is 2.65. The van der Waals surface area contributed by atoms with Gasteiger partial charge >= 0.3 is 0 Å². The molecule has 0 heterocycles. The minimum atomic E-state index is -0.150. The molecule has 0 radical (unpaired) electrons. The van der Waals surface area contributed by atoms with Crippen LogP contribution in [-0.2, 0) is 6.42 Å². The third-order valence-corrected chi connectivity index (χ3v) is 3.89. The van der Waals surface area contributed by atoms with Crippen LogP contribution in [0.4, 0.5) is 4.39 Å². The van der Waals surface area contributed by atoms with Crippen molar-refractivity contribution in [2.24, 2.45) is 0 Å². The van der Waals surface area contributed by atoms with Gasteiger partial charge in [0.15, 0.2) is 0 Å². The van der Waals surface area contributed by atoms with Crippen molar-refractivity contribution in [3.8, 4) is 0 Å². The number of hydrogen-bond acceptors (Lipinski definition) is 1. The Labute approximate surface area is 127 Å². The van der Waals surface area contributed by atoms with Crippen LogP contribution in [0.3, 0.4) is 0 Å². The van der Waals surface area contributed by atoms with Gasteiger partial charge < -0.3 is 5.32 Å². The number of halogens is 1. The zero-order valence-corrected chi connectivity index (χ0v) is 13.1. The molecule has 0 aliphatic heterocycles. The van der Waals surface area contributed by atoms with Gasteiger partial charge in [-0.05, 0) is 37.5 Å². The lowest BCUT2D eigenvalue weighted by Crippen LogP contribution is -2.23. The van der Waals surface area contributed by atoms with Crippen LogP contribution in [0.2, 0.25) is 0 Å². The molecule has 2 unspecified atom stereocenters. The predicted octanol–water partition coefficient (Wildman–Crippen LogP) is 5.19. The van der Waals surface area contributed by atoms with Crippen LogP contribution >= 0.6 is 0 Å². The maximum atomic E-state index is 13.8. The fourth-order valence-corrected chi connectivity index (χ4v) is 2.65. The third kappa shape index (κ3) is 4.15. The molecule has 1 N–H and O–H groups in total. The molecule has 2 atom stereocenters. The molecule has 0 aliphatic rings. The van der Waals surface area contributed by atoms with E-state index in [0.717, 1.165) is 12.8 Å². The first kappa shape index (κ1) is 15.7. The van der Waals surface area contributed by atoms with E-state index in [1.54, 1.807) is 6.07 Å². The van der Waals surface area contributed by atoms with E-state index >= 15 is 0 Å². The normalized spacial score (nSPS) is 13.9. The molecule has 0 aliphatic carbocycles. The van der Waals surface area contributed by atoms with Gasteiger partial charge in [-0.15, -0.1) is 0 Å². The van der Waals surface area contributed by atoms with Gasteiger partial charge in [0.25, 0.3) is 0 Å². The quantitative estimate of drug-likeness (QED) is 0.770. The van der Waals surface area contributed by atoms with Crippen molar-refractivity contribution in [1.82, 2.24) is 5.32 Å². The summed E-state index contributed by atoms with van der Waals surface area (Å²) in [6, 6.07) is 15.8. The summed E-state index contributed by atoms with van der Waals surface area (Å²) in [5, 5.41) is 3.46. The maximum absolute atomic E-state index is 13.8. The summed E-state index contributed by atoms with van der Waals surface area (Å²) in [4.78, 5) is 0. The molecule has 2 rings (SSSR count). The molecule has 2 aromatic carbocycles. The molecule has 0 fully saturated rings. The van der Waals surface area contributed by atoms with E-state index in [2.05, 4.69) is 43.4 Å². The molecular formula is C19H24FN. The minimum Gasteiger partial charge on any atom is -0.304 e. The largest absolute Gasteiger partial charge is 0.304 e. The standard InChI is InChI=1S/C19H24FN/c1-4-7-16-10-12-17(13-11-16)14(2)21-15(3)18-8-5-6-9-19(18)20/h5-6,8-15,21H,4,7H2,1-3H3. The van der Waals surface area contributed by atoms with Gasteiger partial charge in [-0.2, -0.15) is 0 Å².